The minimum Gasteiger partial charge on any atom is -0.309 e. The third-order valence-corrected chi connectivity index (χ3v) is 30.2. The molecule has 0 saturated carbocycles. The topological polar surface area (TPSA) is 96.0 Å². The molecule has 0 aliphatic heterocycles. The van der Waals surface area contributed by atoms with Gasteiger partial charge in [0.1, 0.15) is 0 Å². The summed E-state index contributed by atoms with van der Waals surface area (Å²) in [5, 5.41) is 41.2. The normalized spacial score (nSPS) is 12.8. The van der Waals surface area contributed by atoms with Crippen LogP contribution >= 0.6 is 0 Å². The van der Waals surface area contributed by atoms with E-state index in [0.717, 1.165) is 131 Å². The van der Waals surface area contributed by atoms with Crippen molar-refractivity contribution in [2.45, 2.75) is 0 Å². The van der Waals surface area contributed by atoms with E-state index in [-0.39, 0.29) is 0 Å². The van der Waals surface area contributed by atoms with Gasteiger partial charge in [-0.3, -0.25) is 0 Å². The van der Waals surface area contributed by atoms with Crippen LogP contribution in [0.15, 0.2) is 376 Å². The SMILES string of the molecule is c1ccc(-c2nc(-c3ccc4c(ccc5ccc(-c6cccc7c(-c8nc(-c9ccc%10ccccc%10c9)nc(-c9ccc(-n%10c%11ccc%12ccc%13ccc%14c%15cccc%16c%17ccc%10c%10c%11c%12c%13c%14n(c%15%16)c%17%10)c%10ccccc9%10)n8)cc8ccccc8c67)cc54)c3)nc(-c3ccc(-n4c5ccc6ccc7ccc8c9cccc%10c%11ccc4c4c5c6c7c8n(c9%10)c%114)c4ccccc34)n2)cc1. The van der Waals surface area contributed by atoms with E-state index >= 15 is 0 Å². The summed E-state index contributed by atoms with van der Waals surface area (Å²) >= 11 is 0. The zero-order valence-electron chi connectivity index (χ0n) is 70.3. The molecule has 0 unspecified atom stereocenters. The molecule has 0 saturated heterocycles. The number of nitrogens with zero attached hydrogens (tertiary/aromatic N) is 10. The van der Waals surface area contributed by atoms with Crippen LogP contribution < -0.4 is 0 Å². The fourth-order valence-corrected chi connectivity index (χ4v) is 24.7. The Morgan fingerprint density at radius 3 is 1.10 bits per heavy atom. The summed E-state index contributed by atoms with van der Waals surface area (Å²) in [4.78, 5) is 33.4. The quantitative estimate of drug-likeness (QED) is 0.134. The van der Waals surface area contributed by atoms with Gasteiger partial charge < -0.3 is 17.9 Å². The smallest absolute Gasteiger partial charge is 0.164 e. The number of hydrogen-bond donors (Lipinski definition) is 0. The summed E-state index contributed by atoms with van der Waals surface area (Å²) in [6.45, 7) is 0. The number of benzene rings is 23. The molecule has 0 aliphatic rings. The third kappa shape index (κ3) is 8.57. The number of fused-ring (bicyclic) bond motifs is 13. The van der Waals surface area contributed by atoms with Gasteiger partial charge in [-0.1, -0.05) is 303 Å². The third-order valence-electron chi connectivity index (χ3n) is 30.2. The Morgan fingerprint density at radius 2 is 0.508 bits per heavy atom. The summed E-state index contributed by atoms with van der Waals surface area (Å²) in [6, 6.07) is 139. The van der Waals surface area contributed by atoms with Crippen molar-refractivity contribution in [3.8, 4) is 90.8 Å². The molecule has 0 atom stereocenters. The first kappa shape index (κ1) is 68.4. The van der Waals surface area contributed by atoms with Crippen molar-refractivity contribution in [3.05, 3.63) is 376 Å². The zero-order valence-corrected chi connectivity index (χ0v) is 70.3. The average Bonchev–Trinajstić information content (AvgIpc) is 1.50. The lowest BCUT2D eigenvalue weighted by Gasteiger charge is -2.17. The van der Waals surface area contributed by atoms with Crippen LogP contribution in [0.5, 0.6) is 0 Å². The molecule has 23 aromatic carbocycles. The highest BCUT2D eigenvalue weighted by molar-refractivity contribution is 6.45. The van der Waals surface area contributed by atoms with E-state index in [1.807, 2.05) is 6.07 Å². The predicted molar refractivity (Wildman–Crippen MR) is 549 cm³/mol. The van der Waals surface area contributed by atoms with Gasteiger partial charge in [-0.25, -0.2) is 29.9 Å². The molecule has 0 amide bonds. The highest BCUT2D eigenvalue weighted by Crippen LogP contribution is 2.56. The van der Waals surface area contributed by atoms with Crippen molar-refractivity contribution >= 4 is 238 Å². The van der Waals surface area contributed by atoms with Gasteiger partial charge in [0.25, 0.3) is 0 Å². The van der Waals surface area contributed by atoms with Gasteiger partial charge in [-0.15, -0.1) is 0 Å². The second-order valence-corrected chi connectivity index (χ2v) is 36.5. The van der Waals surface area contributed by atoms with Crippen molar-refractivity contribution in [2.75, 3.05) is 0 Å². The Bertz CT molecular complexity index is 10900. The number of para-hydroxylation sites is 2. The number of aromatic nitrogens is 10. The first-order valence-electron chi connectivity index (χ1n) is 45.4. The van der Waals surface area contributed by atoms with Crippen LogP contribution in [-0.2, 0) is 0 Å². The molecule has 33 rings (SSSR count). The zero-order chi connectivity index (χ0) is 85.0. The van der Waals surface area contributed by atoms with Crippen LogP contribution in [0.1, 0.15) is 0 Å². The van der Waals surface area contributed by atoms with Crippen molar-refractivity contribution in [2.24, 2.45) is 0 Å². The first-order valence-corrected chi connectivity index (χ1v) is 45.4. The Kier molecular flexibility index (Phi) is 12.6. The Balaban J connectivity index is 0.529. The van der Waals surface area contributed by atoms with E-state index in [1.54, 1.807) is 0 Å². The van der Waals surface area contributed by atoms with E-state index in [1.165, 1.54) is 163 Å². The highest BCUT2D eigenvalue weighted by atomic mass is 15.1. The van der Waals surface area contributed by atoms with E-state index in [4.69, 9.17) is 29.9 Å². The molecule has 0 radical (unpaired) electrons. The van der Waals surface area contributed by atoms with Gasteiger partial charge in [0.2, 0.25) is 0 Å². The van der Waals surface area contributed by atoms with Gasteiger partial charge in [-0.2, -0.15) is 0 Å². The molecule has 0 fully saturated rings. The lowest BCUT2D eigenvalue weighted by atomic mass is 9.89. The summed E-state index contributed by atoms with van der Waals surface area (Å²) < 4.78 is 10.3. The monoisotopic (exact) mass is 1670 g/mol. The van der Waals surface area contributed by atoms with Gasteiger partial charge >= 0.3 is 0 Å². The van der Waals surface area contributed by atoms with Crippen LogP contribution in [0.4, 0.5) is 0 Å². The fraction of sp³-hybridized carbons (Fsp3) is 0. The number of hydrogen-bond acceptors (Lipinski definition) is 6. The van der Waals surface area contributed by atoms with Gasteiger partial charge in [-0.05, 0) is 170 Å². The van der Waals surface area contributed by atoms with Crippen LogP contribution in [0.25, 0.3) is 329 Å². The molecular formula is C122H62N10. The second-order valence-electron chi connectivity index (χ2n) is 36.5. The van der Waals surface area contributed by atoms with Gasteiger partial charge in [0, 0.05) is 130 Å². The molecule has 132 heavy (non-hydrogen) atoms. The van der Waals surface area contributed by atoms with E-state index in [0.29, 0.717) is 34.9 Å². The summed E-state index contributed by atoms with van der Waals surface area (Å²) in [5.41, 5.74) is 22.3. The molecular weight excluding hydrogens is 1610 g/mol. The van der Waals surface area contributed by atoms with Crippen molar-refractivity contribution in [1.29, 1.82) is 0 Å². The Hall–Kier alpha value is -17.9. The lowest BCUT2D eigenvalue weighted by Crippen LogP contribution is -2.02. The Morgan fingerprint density at radius 1 is 0.144 bits per heavy atom. The molecule has 0 N–H and O–H groups in total. The first-order chi connectivity index (χ1) is 65.5. The van der Waals surface area contributed by atoms with Crippen LogP contribution in [0.3, 0.4) is 0 Å². The minimum atomic E-state index is 0.587. The molecule has 0 aliphatic carbocycles. The molecule has 10 heteroatoms. The summed E-state index contributed by atoms with van der Waals surface area (Å²) in [6.07, 6.45) is 0. The van der Waals surface area contributed by atoms with E-state index in [9.17, 15) is 0 Å². The predicted octanol–water partition coefficient (Wildman–Crippen LogP) is 31.5. The molecule has 0 spiro atoms. The number of rotatable bonds is 9. The summed E-state index contributed by atoms with van der Waals surface area (Å²) in [5.74, 6) is 3.57. The van der Waals surface area contributed by atoms with Gasteiger partial charge in [0.05, 0.1) is 66.5 Å². The maximum atomic E-state index is 5.76. The van der Waals surface area contributed by atoms with Crippen molar-refractivity contribution < 1.29 is 0 Å². The largest absolute Gasteiger partial charge is 0.309 e. The molecule has 10 aromatic heterocycles. The highest BCUT2D eigenvalue weighted by Gasteiger charge is 2.33. The van der Waals surface area contributed by atoms with E-state index in [2.05, 4.69) is 388 Å². The molecule has 10 heterocycles. The van der Waals surface area contributed by atoms with Crippen LogP contribution in [0.2, 0.25) is 0 Å². The lowest BCUT2D eigenvalue weighted by molar-refractivity contribution is 1.08. The maximum Gasteiger partial charge on any atom is 0.164 e. The average molecular weight is 1670 g/mol. The van der Waals surface area contributed by atoms with Crippen LogP contribution in [-0.4, -0.2) is 47.8 Å². The summed E-state index contributed by atoms with van der Waals surface area (Å²) in [7, 11) is 0. The molecule has 0 bridgehead atoms. The Labute approximate surface area is 747 Å². The van der Waals surface area contributed by atoms with Crippen LogP contribution in [0, 0.1) is 0 Å². The standard InChI is InChI=1S/C122H62N10/c1-2-16-69(17-3-1)117-123-118(125-120(124-117)92-51-55-96(81-23-10-8-21-79(81)92)129-98-53-44-65-34-36-67-41-47-88-84-27-13-29-86-90-49-57-100(129)109-107(98)102(65)104(67)113(88)131(111(84)86)115(90)109)75-43-46-76-72(60-75)38-32-64-33-39-73(61-94(64)76)78-25-12-26-83-95(62-71-19-6-7-20-77(71)106(78)83)122-127-119(74-40-31-63-15-4-5-18-70(63)59-74)126-121(128-122)93-52-56-97(82-24-11-9-22-80(82)93)130-99-54-45-66-35-37-68-42-48-89-85-28-14-30-87-91-50-58-101(130)110-108(99)103(66)105(68)114(89)132(112(85)87)116(91)110/h1-62H. The van der Waals surface area contributed by atoms with Gasteiger partial charge in [0.15, 0.2) is 34.9 Å². The van der Waals surface area contributed by atoms with Crippen molar-refractivity contribution in [1.82, 2.24) is 47.8 Å². The molecule has 33 aromatic rings. The molecule has 600 valence electrons. The minimum absolute atomic E-state index is 0.587. The van der Waals surface area contributed by atoms with Crippen molar-refractivity contribution in [3.63, 3.8) is 0 Å². The van der Waals surface area contributed by atoms with E-state index < -0.39 is 0 Å². The maximum absolute atomic E-state index is 5.76. The fourth-order valence-electron chi connectivity index (χ4n) is 24.7. The second kappa shape index (κ2) is 24.3. The molecule has 10 nitrogen and oxygen atoms in total.